The minimum absolute atomic E-state index is 0.0275. The molecule has 0 spiro atoms. The summed E-state index contributed by atoms with van der Waals surface area (Å²) in [5, 5.41) is 26.5. The number of carbonyl (C=O) groups excluding carboxylic acids is 1. The quantitative estimate of drug-likeness (QED) is 0.316. The van der Waals surface area contributed by atoms with E-state index in [2.05, 4.69) is 20.6 Å². The third-order valence-electron chi connectivity index (χ3n) is 3.77. The first-order valence-corrected chi connectivity index (χ1v) is 8.91. The molecule has 0 saturated heterocycles. The van der Waals surface area contributed by atoms with Gasteiger partial charge in [-0.3, -0.25) is 14.9 Å². The lowest BCUT2D eigenvalue weighted by atomic mass is 10.2. The largest absolute Gasteiger partial charge is 0.322 e. The summed E-state index contributed by atoms with van der Waals surface area (Å²) in [5.41, 5.74) is 1.99. The van der Waals surface area contributed by atoms with Crippen LogP contribution in [0.25, 0.3) is 21.6 Å². The van der Waals surface area contributed by atoms with E-state index in [1.807, 2.05) is 18.2 Å². The summed E-state index contributed by atoms with van der Waals surface area (Å²) in [6.07, 6.45) is 4.38. The Kier molecular flexibility index (Phi) is 4.60. The summed E-state index contributed by atoms with van der Waals surface area (Å²) < 4.78 is 1.59. The number of benzene rings is 2. The number of anilines is 1. The van der Waals surface area contributed by atoms with Crippen molar-refractivity contribution in [2.75, 3.05) is 5.32 Å². The highest BCUT2D eigenvalue weighted by molar-refractivity contribution is 7.19. The molecule has 0 atom stereocenters. The molecule has 9 nitrogen and oxygen atoms in total. The van der Waals surface area contributed by atoms with Crippen molar-refractivity contribution in [2.24, 2.45) is 0 Å². The van der Waals surface area contributed by atoms with Crippen LogP contribution in [-0.4, -0.2) is 30.6 Å². The molecule has 0 aliphatic carbocycles. The molecule has 4 rings (SSSR count). The minimum Gasteiger partial charge on any atom is -0.322 e. The van der Waals surface area contributed by atoms with E-state index in [1.165, 1.54) is 41.9 Å². The molecule has 0 aliphatic heterocycles. The van der Waals surface area contributed by atoms with E-state index in [1.54, 1.807) is 22.7 Å². The lowest BCUT2D eigenvalue weighted by Gasteiger charge is -2.04. The van der Waals surface area contributed by atoms with Gasteiger partial charge in [-0.05, 0) is 23.8 Å². The second kappa shape index (κ2) is 7.37. The predicted octanol–water partition coefficient (Wildman–Crippen LogP) is 3.41. The van der Waals surface area contributed by atoms with Crippen molar-refractivity contribution in [3.63, 3.8) is 0 Å². The summed E-state index contributed by atoms with van der Waals surface area (Å²) in [6.45, 7) is 0. The van der Waals surface area contributed by atoms with Gasteiger partial charge in [0.2, 0.25) is 10.9 Å². The van der Waals surface area contributed by atoms with Crippen LogP contribution in [0.15, 0.2) is 60.9 Å². The fourth-order valence-corrected chi connectivity index (χ4v) is 3.32. The molecule has 0 unspecified atom stereocenters. The molecule has 138 valence electrons. The molecule has 0 saturated carbocycles. The number of aromatic nitrogens is 4. The lowest BCUT2D eigenvalue weighted by Crippen LogP contribution is -2.07. The Hall–Kier alpha value is -3.92. The summed E-state index contributed by atoms with van der Waals surface area (Å²) in [7, 11) is 0. The maximum atomic E-state index is 12.2. The standard InChI is InChI=1S/C18H12N6O3S/c25-16(8-7-12-3-1-6-15(9-12)24(26)27)20-14-5-2-4-13(10-14)17-22-23-11-19-21-18(23)28-17/h1-11H,(H,20,25)/b8-7+. The average Bonchev–Trinajstić information content (AvgIpc) is 3.29. The molecular formula is C18H12N6O3S. The van der Waals surface area contributed by atoms with Gasteiger partial charge >= 0.3 is 0 Å². The molecule has 0 fully saturated rings. The van der Waals surface area contributed by atoms with E-state index in [0.29, 0.717) is 16.2 Å². The van der Waals surface area contributed by atoms with Crippen LogP contribution in [0.2, 0.25) is 0 Å². The molecular weight excluding hydrogens is 380 g/mol. The molecule has 4 aromatic rings. The summed E-state index contributed by atoms with van der Waals surface area (Å²) >= 11 is 1.39. The zero-order valence-corrected chi connectivity index (χ0v) is 15.0. The number of nitro groups is 1. The highest BCUT2D eigenvalue weighted by Gasteiger charge is 2.09. The number of carbonyl (C=O) groups is 1. The van der Waals surface area contributed by atoms with Gasteiger partial charge in [0.25, 0.3) is 5.69 Å². The number of nitrogens with zero attached hydrogens (tertiary/aromatic N) is 5. The van der Waals surface area contributed by atoms with E-state index in [4.69, 9.17) is 0 Å². The van der Waals surface area contributed by atoms with Crippen LogP contribution >= 0.6 is 11.3 Å². The molecule has 10 heteroatoms. The van der Waals surface area contributed by atoms with Crippen molar-refractivity contribution >= 4 is 39.7 Å². The number of hydrogen-bond acceptors (Lipinski definition) is 7. The van der Waals surface area contributed by atoms with Gasteiger partial charge in [-0.1, -0.05) is 35.6 Å². The molecule has 0 radical (unpaired) electrons. The first kappa shape index (κ1) is 17.5. The SMILES string of the molecule is O=C(/C=C/c1cccc([N+](=O)[O-])c1)Nc1cccc(-c2nn3cnnc3s2)c1. The number of nitro benzene ring substituents is 1. The highest BCUT2D eigenvalue weighted by Crippen LogP contribution is 2.26. The van der Waals surface area contributed by atoms with Crippen LogP contribution < -0.4 is 5.32 Å². The summed E-state index contributed by atoms with van der Waals surface area (Å²) in [5.74, 6) is -0.346. The monoisotopic (exact) mass is 392 g/mol. The third-order valence-corrected chi connectivity index (χ3v) is 4.73. The lowest BCUT2D eigenvalue weighted by molar-refractivity contribution is -0.384. The number of amides is 1. The van der Waals surface area contributed by atoms with E-state index in [-0.39, 0.29) is 11.6 Å². The van der Waals surface area contributed by atoms with Crippen molar-refractivity contribution in [2.45, 2.75) is 0 Å². The molecule has 2 heterocycles. The zero-order valence-electron chi connectivity index (χ0n) is 14.2. The van der Waals surface area contributed by atoms with Crippen molar-refractivity contribution in [3.05, 3.63) is 76.6 Å². The van der Waals surface area contributed by atoms with Gasteiger partial charge in [-0.25, -0.2) is 0 Å². The Morgan fingerprint density at radius 2 is 2.07 bits per heavy atom. The topological polar surface area (TPSA) is 115 Å². The summed E-state index contributed by atoms with van der Waals surface area (Å²) in [4.78, 5) is 23.2. The molecule has 0 aliphatic rings. The number of rotatable bonds is 5. The van der Waals surface area contributed by atoms with Gasteiger partial charge in [0, 0.05) is 29.5 Å². The third kappa shape index (κ3) is 3.76. The zero-order chi connectivity index (χ0) is 19.5. The van der Waals surface area contributed by atoms with Gasteiger partial charge in [0.1, 0.15) is 11.3 Å². The van der Waals surface area contributed by atoms with Crippen LogP contribution in [0.1, 0.15) is 5.56 Å². The van der Waals surface area contributed by atoms with E-state index in [0.717, 1.165) is 10.6 Å². The molecule has 2 aromatic heterocycles. The van der Waals surface area contributed by atoms with Crippen molar-refractivity contribution in [1.29, 1.82) is 0 Å². The molecule has 28 heavy (non-hydrogen) atoms. The fourth-order valence-electron chi connectivity index (χ4n) is 2.50. The summed E-state index contributed by atoms with van der Waals surface area (Å²) in [6, 6.07) is 13.3. The van der Waals surface area contributed by atoms with Gasteiger partial charge in [-0.15, -0.1) is 10.2 Å². The van der Waals surface area contributed by atoms with Crippen LogP contribution in [0.5, 0.6) is 0 Å². The van der Waals surface area contributed by atoms with Gasteiger partial charge < -0.3 is 5.32 Å². The van der Waals surface area contributed by atoms with E-state index < -0.39 is 4.92 Å². The number of fused-ring (bicyclic) bond motifs is 1. The highest BCUT2D eigenvalue weighted by atomic mass is 32.1. The number of nitrogens with one attached hydrogen (secondary N) is 1. The van der Waals surface area contributed by atoms with Gasteiger partial charge in [0.15, 0.2) is 0 Å². The molecule has 2 aromatic carbocycles. The van der Waals surface area contributed by atoms with Crippen LogP contribution in [0, 0.1) is 10.1 Å². The second-order valence-electron chi connectivity index (χ2n) is 5.72. The van der Waals surface area contributed by atoms with E-state index in [9.17, 15) is 14.9 Å². The first-order chi connectivity index (χ1) is 13.6. The number of non-ortho nitro benzene ring substituents is 1. The Balaban J connectivity index is 1.48. The first-order valence-electron chi connectivity index (χ1n) is 8.09. The normalized spacial score (nSPS) is 11.1. The van der Waals surface area contributed by atoms with Crippen LogP contribution in [-0.2, 0) is 4.79 Å². The molecule has 1 amide bonds. The van der Waals surface area contributed by atoms with Gasteiger partial charge in [-0.2, -0.15) is 9.61 Å². The minimum atomic E-state index is -0.477. The Labute approximate surface area is 162 Å². The Morgan fingerprint density at radius 1 is 1.21 bits per heavy atom. The van der Waals surface area contributed by atoms with Gasteiger partial charge in [0.05, 0.1) is 4.92 Å². The predicted molar refractivity (Wildman–Crippen MR) is 105 cm³/mol. The Bertz CT molecular complexity index is 1180. The number of hydrogen-bond donors (Lipinski definition) is 1. The van der Waals surface area contributed by atoms with E-state index >= 15 is 0 Å². The van der Waals surface area contributed by atoms with Crippen molar-refractivity contribution in [1.82, 2.24) is 19.8 Å². The van der Waals surface area contributed by atoms with Crippen LogP contribution in [0.4, 0.5) is 11.4 Å². The fraction of sp³-hybridized carbons (Fsp3) is 0. The molecule has 0 bridgehead atoms. The second-order valence-corrected chi connectivity index (χ2v) is 6.68. The molecule has 1 N–H and O–H groups in total. The van der Waals surface area contributed by atoms with Crippen molar-refractivity contribution < 1.29 is 9.72 Å². The maximum absolute atomic E-state index is 12.2. The van der Waals surface area contributed by atoms with Crippen LogP contribution in [0.3, 0.4) is 0 Å². The Morgan fingerprint density at radius 3 is 2.89 bits per heavy atom. The smallest absolute Gasteiger partial charge is 0.270 e. The maximum Gasteiger partial charge on any atom is 0.270 e. The van der Waals surface area contributed by atoms with Crippen molar-refractivity contribution in [3.8, 4) is 10.6 Å². The average molecular weight is 392 g/mol.